The molecule has 1 aliphatic heterocycles. The highest BCUT2D eigenvalue weighted by Crippen LogP contribution is 2.20. The lowest BCUT2D eigenvalue weighted by molar-refractivity contribution is 0.0714. The van der Waals surface area contributed by atoms with Gasteiger partial charge in [0.25, 0.3) is 5.91 Å². The number of para-hydroxylation sites is 1. The molecule has 1 saturated heterocycles. The fourth-order valence-corrected chi connectivity index (χ4v) is 3.38. The van der Waals surface area contributed by atoms with Gasteiger partial charge in [0.1, 0.15) is 5.82 Å². The van der Waals surface area contributed by atoms with Gasteiger partial charge in [0.05, 0.1) is 23.6 Å². The van der Waals surface area contributed by atoms with Crippen molar-refractivity contribution >= 4 is 11.7 Å². The van der Waals surface area contributed by atoms with Crippen molar-refractivity contribution in [2.45, 2.75) is 25.8 Å². The highest BCUT2D eigenvalue weighted by Gasteiger charge is 2.26. The van der Waals surface area contributed by atoms with Gasteiger partial charge in [-0.2, -0.15) is 15.0 Å². The topological polar surface area (TPSA) is 75.9 Å². The Hall–Kier alpha value is -3.22. The molecule has 0 aliphatic carbocycles. The van der Waals surface area contributed by atoms with Crippen LogP contribution in [0.15, 0.2) is 55.0 Å². The van der Waals surface area contributed by atoms with Gasteiger partial charge >= 0.3 is 0 Å². The summed E-state index contributed by atoms with van der Waals surface area (Å²) in [5.74, 6) is 0.854. The van der Waals surface area contributed by atoms with E-state index in [1.807, 2.05) is 54.4 Å². The predicted octanol–water partition coefficient (Wildman–Crippen LogP) is 2.69. The van der Waals surface area contributed by atoms with Crippen LogP contribution in [0.2, 0.25) is 0 Å². The number of pyridine rings is 1. The molecule has 1 amide bonds. The van der Waals surface area contributed by atoms with Gasteiger partial charge in [-0.15, -0.1) is 0 Å². The van der Waals surface area contributed by atoms with Gasteiger partial charge in [-0.1, -0.05) is 18.2 Å². The van der Waals surface area contributed by atoms with Gasteiger partial charge in [0.2, 0.25) is 0 Å². The largest absolute Gasteiger partial charge is 0.366 e. The molecular weight excluding hydrogens is 340 g/mol. The zero-order chi connectivity index (χ0) is 18.6. The maximum atomic E-state index is 13.2. The van der Waals surface area contributed by atoms with Crippen LogP contribution in [0.25, 0.3) is 5.69 Å². The Balaban J connectivity index is 1.50. The van der Waals surface area contributed by atoms with Crippen molar-refractivity contribution in [3.8, 4) is 5.69 Å². The van der Waals surface area contributed by atoms with Gasteiger partial charge in [0, 0.05) is 25.3 Å². The quantitative estimate of drug-likeness (QED) is 0.772. The molecule has 3 aromatic rings. The van der Waals surface area contributed by atoms with Gasteiger partial charge in [-0.25, -0.2) is 4.98 Å². The number of carbonyl (C=O) groups is 1. The van der Waals surface area contributed by atoms with Crippen LogP contribution >= 0.6 is 0 Å². The summed E-state index contributed by atoms with van der Waals surface area (Å²) >= 11 is 0. The number of benzene rings is 1. The smallest absolute Gasteiger partial charge is 0.256 e. The van der Waals surface area contributed by atoms with Gasteiger partial charge in [-0.3, -0.25) is 4.79 Å². The van der Waals surface area contributed by atoms with Crippen molar-refractivity contribution in [3.05, 3.63) is 66.1 Å². The second kappa shape index (κ2) is 7.57. The van der Waals surface area contributed by atoms with Crippen molar-refractivity contribution in [2.24, 2.45) is 0 Å². The van der Waals surface area contributed by atoms with E-state index in [0.717, 1.165) is 30.8 Å². The number of hydrogen-bond acceptors (Lipinski definition) is 5. The third kappa shape index (κ3) is 3.81. The number of amides is 1. The Bertz CT molecular complexity index is 906. The predicted molar refractivity (Wildman–Crippen MR) is 103 cm³/mol. The number of anilines is 1. The van der Waals surface area contributed by atoms with Crippen molar-refractivity contribution in [3.63, 3.8) is 0 Å². The number of likely N-dealkylation sites (tertiary alicyclic amines) is 1. The van der Waals surface area contributed by atoms with E-state index < -0.39 is 0 Å². The average molecular weight is 362 g/mol. The number of carbonyl (C=O) groups excluding carboxylic acids is 1. The molecule has 138 valence electrons. The van der Waals surface area contributed by atoms with E-state index in [-0.39, 0.29) is 11.9 Å². The molecule has 1 N–H and O–H groups in total. The molecule has 0 saturated carbocycles. The number of rotatable bonds is 4. The third-order valence-electron chi connectivity index (χ3n) is 4.74. The van der Waals surface area contributed by atoms with E-state index in [9.17, 15) is 4.79 Å². The Labute approximate surface area is 158 Å². The molecular formula is C20H22N6O. The number of aryl methyl sites for hydroxylation is 1. The molecule has 7 nitrogen and oxygen atoms in total. The van der Waals surface area contributed by atoms with Crippen LogP contribution in [0.3, 0.4) is 0 Å². The highest BCUT2D eigenvalue weighted by atomic mass is 16.2. The molecule has 1 unspecified atom stereocenters. The van der Waals surface area contributed by atoms with E-state index >= 15 is 0 Å². The maximum Gasteiger partial charge on any atom is 0.256 e. The van der Waals surface area contributed by atoms with E-state index in [2.05, 4.69) is 20.5 Å². The molecule has 27 heavy (non-hydrogen) atoms. The Kier molecular flexibility index (Phi) is 4.82. The fourth-order valence-electron chi connectivity index (χ4n) is 3.38. The lowest BCUT2D eigenvalue weighted by atomic mass is 10.0. The van der Waals surface area contributed by atoms with Crippen molar-refractivity contribution in [1.82, 2.24) is 24.9 Å². The molecule has 0 radical (unpaired) electrons. The number of nitrogens with zero attached hydrogens (tertiary/aromatic N) is 5. The first kappa shape index (κ1) is 17.2. The van der Waals surface area contributed by atoms with E-state index in [1.54, 1.807) is 12.4 Å². The molecule has 1 aliphatic rings. The van der Waals surface area contributed by atoms with E-state index in [0.29, 0.717) is 17.8 Å². The fraction of sp³-hybridized carbons (Fsp3) is 0.300. The summed E-state index contributed by atoms with van der Waals surface area (Å²) in [6.45, 7) is 3.41. The van der Waals surface area contributed by atoms with Crippen LogP contribution in [-0.2, 0) is 0 Å². The second-order valence-electron chi connectivity index (χ2n) is 6.79. The summed E-state index contributed by atoms with van der Waals surface area (Å²) in [6.07, 6.45) is 7.04. The summed E-state index contributed by atoms with van der Waals surface area (Å²) in [7, 11) is 0. The van der Waals surface area contributed by atoms with E-state index in [4.69, 9.17) is 0 Å². The minimum absolute atomic E-state index is 0.00580. The standard InChI is InChI=1S/C20H22N6O/c1-15-8-9-19(21-13-15)24-16-5-4-12-25(14-16)20(27)17-6-2-3-7-18(17)26-22-10-11-23-26/h2-3,6-11,13,16H,4-5,12,14H2,1H3,(H,21,24). The molecule has 0 bridgehead atoms. The zero-order valence-corrected chi connectivity index (χ0v) is 15.2. The first-order valence-electron chi connectivity index (χ1n) is 9.15. The Morgan fingerprint density at radius 3 is 2.74 bits per heavy atom. The molecule has 7 heteroatoms. The minimum atomic E-state index is 0.00580. The number of aromatic nitrogens is 4. The average Bonchev–Trinajstić information content (AvgIpc) is 3.24. The number of piperidine rings is 1. The third-order valence-corrected chi connectivity index (χ3v) is 4.74. The molecule has 2 aromatic heterocycles. The summed E-state index contributed by atoms with van der Waals surface area (Å²) in [6, 6.07) is 11.7. The molecule has 1 atom stereocenters. The number of hydrogen-bond donors (Lipinski definition) is 1. The molecule has 1 aromatic carbocycles. The summed E-state index contributed by atoms with van der Waals surface area (Å²) in [5.41, 5.74) is 2.44. The Morgan fingerprint density at radius 1 is 1.15 bits per heavy atom. The monoisotopic (exact) mass is 362 g/mol. The zero-order valence-electron chi connectivity index (χ0n) is 15.2. The van der Waals surface area contributed by atoms with Crippen LogP contribution in [0, 0.1) is 6.92 Å². The first-order chi connectivity index (χ1) is 13.2. The maximum absolute atomic E-state index is 13.2. The van der Waals surface area contributed by atoms with Crippen LogP contribution in [0.5, 0.6) is 0 Å². The van der Waals surface area contributed by atoms with Gasteiger partial charge in [-0.05, 0) is 43.5 Å². The van der Waals surface area contributed by atoms with Gasteiger partial charge < -0.3 is 10.2 Å². The van der Waals surface area contributed by atoms with Crippen LogP contribution in [0.1, 0.15) is 28.8 Å². The SMILES string of the molecule is Cc1ccc(NC2CCCN(C(=O)c3ccccc3-n3nccn3)C2)nc1. The van der Waals surface area contributed by atoms with Crippen molar-refractivity contribution in [1.29, 1.82) is 0 Å². The second-order valence-corrected chi connectivity index (χ2v) is 6.79. The summed E-state index contributed by atoms with van der Waals surface area (Å²) < 4.78 is 0. The highest BCUT2D eigenvalue weighted by molar-refractivity contribution is 5.97. The lowest BCUT2D eigenvalue weighted by Crippen LogP contribution is -2.45. The normalized spacial score (nSPS) is 16.9. The molecule has 1 fully saturated rings. The Morgan fingerprint density at radius 2 is 1.96 bits per heavy atom. The van der Waals surface area contributed by atoms with Crippen molar-refractivity contribution < 1.29 is 4.79 Å². The van der Waals surface area contributed by atoms with E-state index in [1.165, 1.54) is 4.80 Å². The summed E-state index contributed by atoms with van der Waals surface area (Å²) in [4.78, 5) is 21.0. The van der Waals surface area contributed by atoms with Crippen LogP contribution in [0.4, 0.5) is 5.82 Å². The van der Waals surface area contributed by atoms with Gasteiger partial charge in [0.15, 0.2) is 0 Å². The van der Waals surface area contributed by atoms with Crippen LogP contribution < -0.4 is 5.32 Å². The van der Waals surface area contributed by atoms with Crippen LogP contribution in [-0.4, -0.2) is 49.9 Å². The lowest BCUT2D eigenvalue weighted by Gasteiger charge is -2.33. The van der Waals surface area contributed by atoms with Crippen molar-refractivity contribution in [2.75, 3.05) is 18.4 Å². The minimum Gasteiger partial charge on any atom is -0.366 e. The molecule has 4 rings (SSSR count). The first-order valence-corrected chi connectivity index (χ1v) is 9.15. The molecule has 3 heterocycles. The number of nitrogens with one attached hydrogen (secondary N) is 1. The molecule has 0 spiro atoms. The summed E-state index contributed by atoms with van der Waals surface area (Å²) in [5, 5.41) is 11.8.